The van der Waals surface area contributed by atoms with Gasteiger partial charge < -0.3 is 15.5 Å². The van der Waals surface area contributed by atoms with Crippen molar-refractivity contribution in [1.29, 1.82) is 0 Å². The van der Waals surface area contributed by atoms with Crippen LogP contribution in [0, 0.1) is 5.92 Å². The highest BCUT2D eigenvalue weighted by molar-refractivity contribution is 9.10. The van der Waals surface area contributed by atoms with Gasteiger partial charge in [-0.1, -0.05) is 12.8 Å². The van der Waals surface area contributed by atoms with Crippen molar-refractivity contribution in [3.63, 3.8) is 0 Å². The van der Waals surface area contributed by atoms with Crippen molar-refractivity contribution in [1.82, 2.24) is 15.2 Å². The van der Waals surface area contributed by atoms with E-state index in [2.05, 4.69) is 31.5 Å². The predicted octanol–water partition coefficient (Wildman–Crippen LogP) is 3.01. The van der Waals surface area contributed by atoms with Crippen molar-refractivity contribution < 1.29 is 9.59 Å². The number of aromatic nitrogens is 1. The van der Waals surface area contributed by atoms with Gasteiger partial charge in [-0.25, -0.2) is 4.98 Å². The normalized spacial score (nSPS) is 23.8. The summed E-state index contributed by atoms with van der Waals surface area (Å²) in [5.41, 5.74) is 0. The van der Waals surface area contributed by atoms with Crippen LogP contribution in [0.4, 0.5) is 5.82 Å². The molecule has 0 radical (unpaired) electrons. The average Bonchev–Trinajstić information content (AvgIpc) is 3.00. The monoisotopic (exact) mass is 466 g/mol. The Morgan fingerprint density at radius 1 is 1.31 bits per heavy atom. The molecule has 1 saturated heterocycles. The maximum atomic E-state index is 12.6. The number of rotatable bonds is 4. The van der Waals surface area contributed by atoms with Crippen LogP contribution in [0.2, 0.25) is 0 Å². The molecule has 0 spiro atoms. The topological polar surface area (TPSA) is 74.3 Å². The van der Waals surface area contributed by atoms with E-state index in [9.17, 15) is 9.59 Å². The van der Waals surface area contributed by atoms with E-state index in [1.54, 1.807) is 19.3 Å². The molecule has 6 nitrogen and oxygen atoms in total. The van der Waals surface area contributed by atoms with Crippen molar-refractivity contribution in [3.05, 3.63) is 22.8 Å². The van der Waals surface area contributed by atoms with Gasteiger partial charge in [0.15, 0.2) is 0 Å². The third kappa shape index (κ3) is 5.81. The molecular weight excluding hydrogens is 443 g/mol. The van der Waals surface area contributed by atoms with Crippen molar-refractivity contribution in [3.8, 4) is 0 Å². The summed E-state index contributed by atoms with van der Waals surface area (Å²) in [5.74, 6) is 0.857. The summed E-state index contributed by atoms with van der Waals surface area (Å²) in [7, 11) is 1.68. The van der Waals surface area contributed by atoms with E-state index in [1.807, 2.05) is 6.07 Å². The molecule has 2 aliphatic rings. The fraction of sp³-hybridized carbons (Fsp3) is 0.588. The third-order valence-electron chi connectivity index (χ3n) is 4.91. The Kier molecular flexibility index (Phi) is 9.30. The third-order valence-corrected chi connectivity index (χ3v) is 5.38. The Hall–Kier alpha value is -0.890. The van der Waals surface area contributed by atoms with E-state index in [4.69, 9.17) is 0 Å². The fourth-order valence-electron chi connectivity index (χ4n) is 3.70. The number of fused-ring (bicyclic) bond motifs is 1. The first-order valence-electron chi connectivity index (χ1n) is 8.45. The quantitative estimate of drug-likeness (QED) is 0.713. The number of halogens is 3. The summed E-state index contributed by atoms with van der Waals surface area (Å²) in [5, 5.41) is 6.17. The summed E-state index contributed by atoms with van der Waals surface area (Å²) >= 11 is 3.30. The van der Waals surface area contributed by atoms with Crippen LogP contribution in [0.5, 0.6) is 0 Å². The van der Waals surface area contributed by atoms with Crippen LogP contribution in [0.3, 0.4) is 0 Å². The highest BCUT2D eigenvalue weighted by Crippen LogP contribution is 2.33. The number of anilines is 1. The molecule has 2 fully saturated rings. The van der Waals surface area contributed by atoms with Crippen molar-refractivity contribution >= 4 is 58.4 Å². The lowest BCUT2D eigenvalue weighted by Crippen LogP contribution is -2.46. The van der Waals surface area contributed by atoms with Gasteiger partial charge in [0.05, 0.1) is 12.6 Å². The minimum absolute atomic E-state index is 0. The van der Waals surface area contributed by atoms with Gasteiger partial charge in [-0.15, -0.1) is 24.8 Å². The number of hydrogen-bond acceptors (Lipinski definition) is 4. The number of nitrogens with zero attached hydrogens (tertiary/aromatic N) is 2. The Labute approximate surface area is 174 Å². The first kappa shape index (κ1) is 23.1. The summed E-state index contributed by atoms with van der Waals surface area (Å²) in [6, 6.07) is 3.85. The maximum Gasteiger partial charge on any atom is 0.245 e. The molecule has 2 amide bonds. The number of amides is 2. The minimum atomic E-state index is -0.240. The van der Waals surface area contributed by atoms with E-state index in [-0.39, 0.29) is 49.2 Å². The number of hydrogen-bond donors (Lipinski definition) is 2. The molecule has 146 valence electrons. The maximum absolute atomic E-state index is 12.6. The predicted molar refractivity (Wildman–Crippen MR) is 110 cm³/mol. The van der Waals surface area contributed by atoms with Gasteiger partial charge in [-0.2, -0.15) is 0 Å². The van der Waals surface area contributed by atoms with Crippen LogP contribution >= 0.6 is 40.7 Å². The molecule has 3 rings (SSSR count). The molecule has 1 aliphatic carbocycles. The Bertz CT molecular complexity index is 603. The van der Waals surface area contributed by atoms with E-state index < -0.39 is 0 Å². The van der Waals surface area contributed by atoms with Gasteiger partial charge in [-0.05, 0) is 53.2 Å². The first-order valence-corrected chi connectivity index (χ1v) is 9.24. The van der Waals surface area contributed by atoms with E-state index in [0.717, 1.165) is 17.3 Å². The van der Waals surface area contributed by atoms with Crippen LogP contribution in [-0.2, 0) is 9.59 Å². The van der Waals surface area contributed by atoms with Crippen LogP contribution in [0.25, 0.3) is 0 Å². The van der Waals surface area contributed by atoms with Crippen LogP contribution in [-0.4, -0.2) is 47.4 Å². The molecule has 26 heavy (non-hydrogen) atoms. The molecule has 1 aromatic rings. The zero-order valence-electron chi connectivity index (χ0n) is 14.6. The summed E-state index contributed by atoms with van der Waals surface area (Å²) < 4.78 is 0.849. The molecule has 1 aliphatic heterocycles. The fourth-order valence-corrected chi connectivity index (χ4v) is 3.94. The Morgan fingerprint density at radius 2 is 2.04 bits per heavy atom. The molecule has 1 saturated carbocycles. The minimum Gasteiger partial charge on any atom is -0.335 e. The zero-order chi connectivity index (χ0) is 17.1. The first-order chi connectivity index (χ1) is 11.5. The van der Waals surface area contributed by atoms with Gasteiger partial charge >= 0.3 is 0 Å². The smallest absolute Gasteiger partial charge is 0.245 e. The van der Waals surface area contributed by atoms with Gasteiger partial charge in [0.1, 0.15) is 5.82 Å². The number of carbonyl (C=O) groups excluding carboxylic acids is 2. The van der Waals surface area contributed by atoms with Gasteiger partial charge in [0.2, 0.25) is 11.8 Å². The second-order valence-electron chi connectivity index (χ2n) is 6.71. The largest absolute Gasteiger partial charge is 0.335 e. The van der Waals surface area contributed by atoms with Gasteiger partial charge in [0.25, 0.3) is 0 Å². The molecular formula is C17H25BrCl2N4O2. The lowest BCUT2D eigenvalue weighted by atomic mass is 9.85. The van der Waals surface area contributed by atoms with Crippen molar-refractivity contribution in [2.24, 2.45) is 5.92 Å². The van der Waals surface area contributed by atoms with Crippen LogP contribution in [0.15, 0.2) is 22.8 Å². The lowest BCUT2D eigenvalue weighted by Gasteiger charge is -2.24. The molecule has 9 heteroatoms. The molecule has 3 unspecified atom stereocenters. The highest BCUT2D eigenvalue weighted by atomic mass is 79.9. The van der Waals surface area contributed by atoms with E-state index in [1.165, 1.54) is 24.2 Å². The number of pyridine rings is 1. The van der Waals surface area contributed by atoms with E-state index in [0.29, 0.717) is 17.8 Å². The molecule has 1 aromatic heterocycles. The molecule has 3 atom stereocenters. The number of likely N-dealkylation sites (N-methyl/N-ethyl adjacent to an activating group) is 1. The van der Waals surface area contributed by atoms with E-state index >= 15 is 0 Å². The summed E-state index contributed by atoms with van der Waals surface area (Å²) in [6.45, 7) is 0.0318. The van der Waals surface area contributed by atoms with Gasteiger partial charge in [0, 0.05) is 23.8 Å². The molecule has 0 bridgehead atoms. The second-order valence-corrected chi connectivity index (χ2v) is 7.63. The molecule has 2 heterocycles. The van der Waals surface area contributed by atoms with Crippen molar-refractivity contribution in [2.45, 2.75) is 44.2 Å². The zero-order valence-corrected chi connectivity index (χ0v) is 17.8. The second kappa shape index (κ2) is 10.4. The summed E-state index contributed by atoms with van der Waals surface area (Å²) in [4.78, 5) is 30.3. The standard InChI is InChI=1S/C17H23BrN4O2.2ClH/c1-22(10-16(23)21-15-7-6-12(18)9-19-15)17(24)14-8-11-4-2-3-5-13(11)20-14;;/h6-7,9,11,13-14,20H,2-5,8,10H2,1H3,(H,19,21,23);2*1H. The van der Waals surface area contributed by atoms with Crippen LogP contribution in [0.1, 0.15) is 32.1 Å². The van der Waals surface area contributed by atoms with Gasteiger partial charge in [-0.3, -0.25) is 9.59 Å². The highest BCUT2D eigenvalue weighted by Gasteiger charge is 2.39. The number of nitrogens with one attached hydrogen (secondary N) is 2. The SMILES string of the molecule is CN(CC(=O)Nc1ccc(Br)cn1)C(=O)C1CC2CCCCC2N1.Cl.Cl. The van der Waals surface area contributed by atoms with Crippen molar-refractivity contribution in [2.75, 3.05) is 18.9 Å². The summed E-state index contributed by atoms with van der Waals surface area (Å²) in [6.07, 6.45) is 7.39. The Balaban J connectivity index is 0.00000169. The van der Waals surface area contributed by atoms with Crippen LogP contribution < -0.4 is 10.6 Å². The number of carbonyl (C=O) groups is 2. The Morgan fingerprint density at radius 3 is 2.69 bits per heavy atom. The molecule has 0 aromatic carbocycles. The average molecular weight is 468 g/mol. The lowest BCUT2D eigenvalue weighted by molar-refractivity contribution is -0.134. The molecule has 2 N–H and O–H groups in total.